The van der Waals surface area contributed by atoms with Crippen molar-refractivity contribution in [3.05, 3.63) is 0 Å². The minimum Gasteiger partial charge on any atom is -0.314 e. The Morgan fingerprint density at radius 2 is 1.67 bits per heavy atom. The Balaban J connectivity index is 1.97. The standard InChI is InChI=1S/C10H20N2/c1-8-4-3-5-9(2)12(8)10-6-11-7-10/h8-11H,3-7H2,1-2H3/t8-,9+. The summed E-state index contributed by atoms with van der Waals surface area (Å²) in [5, 5.41) is 3.36. The van der Waals surface area contributed by atoms with E-state index in [0.717, 1.165) is 18.1 Å². The van der Waals surface area contributed by atoms with Gasteiger partial charge in [-0.25, -0.2) is 0 Å². The Morgan fingerprint density at radius 3 is 2.08 bits per heavy atom. The highest BCUT2D eigenvalue weighted by atomic mass is 15.3. The van der Waals surface area contributed by atoms with Crippen molar-refractivity contribution in [1.82, 2.24) is 10.2 Å². The van der Waals surface area contributed by atoms with Gasteiger partial charge in [0.25, 0.3) is 0 Å². The van der Waals surface area contributed by atoms with Gasteiger partial charge in [0.2, 0.25) is 0 Å². The summed E-state index contributed by atoms with van der Waals surface area (Å²) in [5.41, 5.74) is 0. The summed E-state index contributed by atoms with van der Waals surface area (Å²) >= 11 is 0. The molecule has 0 saturated carbocycles. The van der Waals surface area contributed by atoms with Gasteiger partial charge in [0.15, 0.2) is 0 Å². The van der Waals surface area contributed by atoms with Crippen molar-refractivity contribution >= 4 is 0 Å². The molecule has 2 heterocycles. The van der Waals surface area contributed by atoms with Gasteiger partial charge in [0.1, 0.15) is 0 Å². The van der Waals surface area contributed by atoms with E-state index in [2.05, 4.69) is 24.1 Å². The highest BCUT2D eigenvalue weighted by molar-refractivity contribution is 4.92. The predicted molar refractivity (Wildman–Crippen MR) is 51.3 cm³/mol. The molecular weight excluding hydrogens is 148 g/mol. The fourth-order valence-corrected chi connectivity index (χ4v) is 2.65. The number of piperidine rings is 1. The normalized spacial score (nSPS) is 39.5. The molecule has 2 fully saturated rings. The third-order valence-electron chi connectivity index (χ3n) is 3.44. The molecule has 0 aromatic rings. The van der Waals surface area contributed by atoms with Crippen LogP contribution in [0, 0.1) is 0 Å². The van der Waals surface area contributed by atoms with Crippen LogP contribution in [0.15, 0.2) is 0 Å². The zero-order valence-corrected chi connectivity index (χ0v) is 8.21. The monoisotopic (exact) mass is 168 g/mol. The van der Waals surface area contributed by atoms with Crippen LogP contribution in [-0.2, 0) is 0 Å². The maximum absolute atomic E-state index is 3.36. The Labute approximate surface area is 75.3 Å². The number of likely N-dealkylation sites (tertiary alicyclic amines) is 1. The van der Waals surface area contributed by atoms with Gasteiger partial charge in [-0.2, -0.15) is 0 Å². The van der Waals surface area contributed by atoms with Crippen LogP contribution in [0.25, 0.3) is 0 Å². The number of nitrogens with zero attached hydrogens (tertiary/aromatic N) is 1. The van der Waals surface area contributed by atoms with Crippen LogP contribution in [0.4, 0.5) is 0 Å². The van der Waals surface area contributed by atoms with Crippen LogP contribution < -0.4 is 5.32 Å². The quantitative estimate of drug-likeness (QED) is 0.633. The van der Waals surface area contributed by atoms with Gasteiger partial charge in [0, 0.05) is 31.2 Å². The summed E-state index contributed by atoms with van der Waals surface area (Å²) in [6.07, 6.45) is 4.24. The largest absolute Gasteiger partial charge is 0.314 e. The molecule has 2 rings (SSSR count). The van der Waals surface area contributed by atoms with E-state index < -0.39 is 0 Å². The second-order valence-electron chi connectivity index (χ2n) is 4.39. The maximum Gasteiger partial charge on any atom is 0.0351 e. The van der Waals surface area contributed by atoms with Gasteiger partial charge >= 0.3 is 0 Å². The molecule has 0 radical (unpaired) electrons. The summed E-state index contributed by atoms with van der Waals surface area (Å²) in [6.45, 7) is 7.20. The predicted octanol–water partition coefficient (Wildman–Crippen LogP) is 1.22. The number of rotatable bonds is 1. The number of nitrogens with one attached hydrogen (secondary N) is 1. The third kappa shape index (κ3) is 1.38. The molecule has 1 N–H and O–H groups in total. The van der Waals surface area contributed by atoms with E-state index in [4.69, 9.17) is 0 Å². The topological polar surface area (TPSA) is 15.3 Å². The van der Waals surface area contributed by atoms with E-state index in [1.165, 1.54) is 32.4 Å². The number of hydrogen-bond acceptors (Lipinski definition) is 2. The van der Waals surface area contributed by atoms with Gasteiger partial charge in [-0.05, 0) is 26.7 Å². The molecule has 0 bridgehead atoms. The van der Waals surface area contributed by atoms with E-state index in [0.29, 0.717) is 0 Å². The summed E-state index contributed by atoms with van der Waals surface area (Å²) in [4.78, 5) is 2.72. The summed E-state index contributed by atoms with van der Waals surface area (Å²) in [6, 6.07) is 2.48. The number of hydrogen-bond donors (Lipinski definition) is 1. The molecule has 0 aromatic heterocycles. The summed E-state index contributed by atoms with van der Waals surface area (Å²) in [5.74, 6) is 0. The van der Waals surface area contributed by atoms with Crippen LogP contribution >= 0.6 is 0 Å². The van der Waals surface area contributed by atoms with Gasteiger partial charge in [-0.3, -0.25) is 4.90 Å². The van der Waals surface area contributed by atoms with E-state index in [1.54, 1.807) is 0 Å². The smallest absolute Gasteiger partial charge is 0.0351 e. The fourth-order valence-electron chi connectivity index (χ4n) is 2.65. The molecule has 12 heavy (non-hydrogen) atoms. The Kier molecular flexibility index (Phi) is 2.37. The third-order valence-corrected chi connectivity index (χ3v) is 3.44. The van der Waals surface area contributed by atoms with Crippen molar-refractivity contribution in [1.29, 1.82) is 0 Å². The molecule has 2 atom stereocenters. The molecule has 0 spiro atoms. The highest BCUT2D eigenvalue weighted by Crippen LogP contribution is 2.25. The second-order valence-corrected chi connectivity index (χ2v) is 4.39. The lowest BCUT2D eigenvalue weighted by atomic mass is 9.93. The average molecular weight is 168 g/mol. The van der Waals surface area contributed by atoms with Crippen molar-refractivity contribution in [3.63, 3.8) is 0 Å². The zero-order chi connectivity index (χ0) is 8.55. The molecule has 0 amide bonds. The molecule has 2 aliphatic heterocycles. The average Bonchev–Trinajstić information content (AvgIpc) is 1.93. The molecule has 0 aliphatic carbocycles. The first-order valence-electron chi connectivity index (χ1n) is 5.27. The Bertz CT molecular complexity index is 141. The van der Waals surface area contributed by atoms with Crippen molar-refractivity contribution in [3.8, 4) is 0 Å². The molecule has 70 valence electrons. The minimum atomic E-state index is 0.820. The van der Waals surface area contributed by atoms with Crippen LogP contribution in [0.1, 0.15) is 33.1 Å². The summed E-state index contributed by atoms with van der Waals surface area (Å²) < 4.78 is 0. The first kappa shape index (κ1) is 8.52. The second kappa shape index (κ2) is 3.35. The van der Waals surface area contributed by atoms with Gasteiger partial charge in [0.05, 0.1) is 0 Å². The molecule has 2 aliphatic rings. The first-order chi connectivity index (χ1) is 5.79. The zero-order valence-electron chi connectivity index (χ0n) is 8.21. The minimum absolute atomic E-state index is 0.820. The van der Waals surface area contributed by atoms with Crippen LogP contribution in [-0.4, -0.2) is 36.1 Å². The molecule has 0 aromatic carbocycles. The maximum atomic E-state index is 3.36. The first-order valence-corrected chi connectivity index (χ1v) is 5.27. The van der Waals surface area contributed by atoms with Gasteiger partial charge in [-0.15, -0.1) is 0 Å². The van der Waals surface area contributed by atoms with E-state index in [9.17, 15) is 0 Å². The van der Waals surface area contributed by atoms with Crippen LogP contribution in [0.5, 0.6) is 0 Å². The van der Waals surface area contributed by atoms with Crippen molar-refractivity contribution in [2.45, 2.75) is 51.2 Å². The lowest BCUT2D eigenvalue weighted by Crippen LogP contribution is -2.62. The Hall–Kier alpha value is -0.0800. The van der Waals surface area contributed by atoms with E-state index in [1.807, 2.05) is 0 Å². The van der Waals surface area contributed by atoms with Crippen LogP contribution in [0.3, 0.4) is 0 Å². The lowest BCUT2D eigenvalue weighted by Gasteiger charge is -2.48. The highest BCUT2D eigenvalue weighted by Gasteiger charge is 2.33. The Morgan fingerprint density at radius 1 is 1.08 bits per heavy atom. The van der Waals surface area contributed by atoms with Gasteiger partial charge < -0.3 is 5.32 Å². The molecule has 2 heteroatoms. The molecular formula is C10H20N2. The molecule has 0 unspecified atom stereocenters. The van der Waals surface area contributed by atoms with Gasteiger partial charge in [-0.1, -0.05) is 6.42 Å². The van der Waals surface area contributed by atoms with E-state index >= 15 is 0 Å². The molecule has 2 nitrogen and oxygen atoms in total. The SMILES string of the molecule is C[C@@H]1CCC[C@H](C)N1C1CNC1. The fraction of sp³-hybridized carbons (Fsp3) is 1.00. The lowest BCUT2D eigenvalue weighted by molar-refractivity contribution is 0.0308. The van der Waals surface area contributed by atoms with Crippen molar-refractivity contribution in [2.75, 3.05) is 13.1 Å². The van der Waals surface area contributed by atoms with Crippen LogP contribution in [0.2, 0.25) is 0 Å². The molecule has 2 saturated heterocycles. The van der Waals surface area contributed by atoms with E-state index in [-0.39, 0.29) is 0 Å². The van der Waals surface area contributed by atoms with Crippen molar-refractivity contribution < 1.29 is 0 Å². The summed E-state index contributed by atoms with van der Waals surface area (Å²) in [7, 11) is 0. The van der Waals surface area contributed by atoms with Crippen molar-refractivity contribution in [2.24, 2.45) is 0 Å².